The first kappa shape index (κ1) is 17.1. The zero-order chi connectivity index (χ0) is 18.0. The number of benzene rings is 1. The van der Waals surface area contributed by atoms with Gasteiger partial charge in [0.25, 0.3) is 0 Å². The largest absolute Gasteiger partial charge is 0.381 e. The highest BCUT2D eigenvalue weighted by Crippen LogP contribution is 2.51. The van der Waals surface area contributed by atoms with Crippen LogP contribution in [0.15, 0.2) is 36.8 Å². The van der Waals surface area contributed by atoms with Gasteiger partial charge < -0.3 is 19.9 Å². The Hall–Kier alpha value is -2.34. The fraction of sp³-hybridized carbons (Fsp3) is 0.500. The summed E-state index contributed by atoms with van der Waals surface area (Å²) in [7, 11) is 1.95. The van der Waals surface area contributed by atoms with Gasteiger partial charge in [0.15, 0.2) is 0 Å². The van der Waals surface area contributed by atoms with Gasteiger partial charge in [-0.1, -0.05) is 24.3 Å². The lowest BCUT2D eigenvalue weighted by Crippen LogP contribution is -2.46. The number of nitrogens with one attached hydrogen (secondary N) is 2. The molecule has 1 spiro atoms. The summed E-state index contributed by atoms with van der Waals surface area (Å²) < 4.78 is 7.50. The molecule has 1 fully saturated rings. The van der Waals surface area contributed by atoms with Gasteiger partial charge in [0.05, 0.1) is 18.1 Å². The Morgan fingerprint density at radius 3 is 2.92 bits per heavy atom. The van der Waals surface area contributed by atoms with Crippen molar-refractivity contribution in [1.82, 2.24) is 20.2 Å². The van der Waals surface area contributed by atoms with Gasteiger partial charge in [-0.2, -0.15) is 0 Å². The van der Waals surface area contributed by atoms with Crippen molar-refractivity contribution in [2.45, 2.75) is 31.7 Å². The quantitative estimate of drug-likeness (QED) is 0.886. The SMILES string of the molecule is Cn1cnc(CCNC(=O)NC2c3ccccc3CC23CCOCC3)c1. The van der Waals surface area contributed by atoms with E-state index < -0.39 is 0 Å². The maximum absolute atomic E-state index is 12.6. The molecule has 1 aliphatic carbocycles. The Kier molecular flexibility index (Phi) is 4.68. The van der Waals surface area contributed by atoms with Crippen LogP contribution in [0.4, 0.5) is 4.79 Å². The van der Waals surface area contributed by atoms with Gasteiger partial charge in [-0.25, -0.2) is 9.78 Å². The van der Waals surface area contributed by atoms with Crippen LogP contribution in [-0.2, 0) is 24.6 Å². The van der Waals surface area contributed by atoms with Crippen molar-refractivity contribution < 1.29 is 9.53 Å². The summed E-state index contributed by atoms with van der Waals surface area (Å²) in [6.45, 7) is 2.12. The number of hydrogen-bond donors (Lipinski definition) is 2. The molecule has 2 N–H and O–H groups in total. The number of rotatable bonds is 4. The van der Waals surface area contributed by atoms with E-state index in [-0.39, 0.29) is 17.5 Å². The number of ether oxygens (including phenoxy) is 1. The van der Waals surface area contributed by atoms with Gasteiger partial charge in [-0.05, 0) is 30.4 Å². The third-order valence-electron chi connectivity index (χ3n) is 5.71. The van der Waals surface area contributed by atoms with Crippen LogP contribution in [0.3, 0.4) is 0 Å². The number of carbonyl (C=O) groups is 1. The molecule has 4 rings (SSSR count). The van der Waals surface area contributed by atoms with Crippen LogP contribution in [0.1, 0.15) is 35.7 Å². The van der Waals surface area contributed by atoms with Crippen LogP contribution in [-0.4, -0.2) is 35.3 Å². The van der Waals surface area contributed by atoms with Crippen molar-refractivity contribution in [3.05, 3.63) is 53.6 Å². The number of hydrogen-bond acceptors (Lipinski definition) is 3. The topological polar surface area (TPSA) is 68.2 Å². The van der Waals surface area contributed by atoms with Crippen molar-refractivity contribution in [3.8, 4) is 0 Å². The van der Waals surface area contributed by atoms with Crippen LogP contribution in [0, 0.1) is 5.41 Å². The van der Waals surface area contributed by atoms with E-state index in [0.717, 1.165) is 44.6 Å². The highest BCUT2D eigenvalue weighted by atomic mass is 16.5. The first-order chi connectivity index (χ1) is 12.7. The molecule has 0 radical (unpaired) electrons. The van der Waals surface area contributed by atoms with Crippen molar-refractivity contribution >= 4 is 6.03 Å². The molecule has 1 aliphatic heterocycles. The van der Waals surface area contributed by atoms with Gasteiger partial charge in [-0.15, -0.1) is 0 Å². The highest BCUT2D eigenvalue weighted by molar-refractivity contribution is 5.75. The summed E-state index contributed by atoms with van der Waals surface area (Å²) in [5.74, 6) is 0. The van der Waals surface area contributed by atoms with E-state index in [2.05, 4.69) is 39.9 Å². The third-order valence-corrected chi connectivity index (χ3v) is 5.71. The van der Waals surface area contributed by atoms with Gasteiger partial charge in [0.2, 0.25) is 0 Å². The summed E-state index contributed by atoms with van der Waals surface area (Å²) in [4.78, 5) is 16.8. The second kappa shape index (κ2) is 7.11. The summed E-state index contributed by atoms with van der Waals surface area (Å²) in [6.07, 6.45) is 7.48. The molecule has 2 aromatic rings. The number of urea groups is 1. The molecule has 1 unspecified atom stereocenters. The summed E-state index contributed by atoms with van der Waals surface area (Å²) in [5, 5.41) is 6.25. The molecule has 0 saturated carbocycles. The molecule has 138 valence electrons. The molecule has 1 aromatic heterocycles. The highest BCUT2D eigenvalue weighted by Gasteiger charge is 2.47. The first-order valence-electron chi connectivity index (χ1n) is 9.33. The summed E-state index contributed by atoms with van der Waals surface area (Å²) in [6, 6.07) is 8.43. The third kappa shape index (κ3) is 3.33. The van der Waals surface area contributed by atoms with Crippen LogP contribution in [0.2, 0.25) is 0 Å². The van der Waals surface area contributed by atoms with E-state index in [1.165, 1.54) is 11.1 Å². The Balaban J connectivity index is 1.41. The zero-order valence-corrected chi connectivity index (χ0v) is 15.2. The van der Waals surface area contributed by atoms with E-state index >= 15 is 0 Å². The van der Waals surface area contributed by atoms with E-state index in [9.17, 15) is 4.79 Å². The van der Waals surface area contributed by atoms with E-state index in [1.807, 2.05) is 17.8 Å². The maximum Gasteiger partial charge on any atom is 0.315 e. The number of amides is 2. The molecule has 6 nitrogen and oxygen atoms in total. The molecule has 2 heterocycles. The molecular formula is C20H26N4O2. The minimum Gasteiger partial charge on any atom is -0.381 e. The fourth-order valence-electron chi connectivity index (χ4n) is 4.34. The minimum atomic E-state index is -0.103. The molecule has 1 aromatic carbocycles. The lowest BCUT2D eigenvalue weighted by Gasteiger charge is -2.39. The van der Waals surface area contributed by atoms with Crippen LogP contribution in [0.25, 0.3) is 0 Å². The second-order valence-electron chi connectivity index (χ2n) is 7.46. The monoisotopic (exact) mass is 354 g/mol. The van der Waals surface area contributed by atoms with Crippen molar-refractivity contribution in [2.24, 2.45) is 12.5 Å². The zero-order valence-electron chi connectivity index (χ0n) is 15.2. The van der Waals surface area contributed by atoms with Crippen molar-refractivity contribution in [3.63, 3.8) is 0 Å². The van der Waals surface area contributed by atoms with Crippen molar-refractivity contribution in [2.75, 3.05) is 19.8 Å². The normalized spacial score (nSPS) is 20.7. The average molecular weight is 354 g/mol. The van der Waals surface area contributed by atoms with Gasteiger partial charge in [0, 0.05) is 44.8 Å². The smallest absolute Gasteiger partial charge is 0.315 e. The predicted octanol–water partition coefficient (Wildman–Crippen LogP) is 2.36. The Morgan fingerprint density at radius 1 is 1.35 bits per heavy atom. The molecular weight excluding hydrogens is 328 g/mol. The fourth-order valence-corrected chi connectivity index (χ4v) is 4.34. The second-order valence-corrected chi connectivity index (χ2v) is 7.46. The summed E-state index contributed by atoms with van der Waals surface area (Å²) in [5.41, 5.74) is 3.68. The Labute approximate surface area is 154 Å². The van der Waals surface area contributed by atoms with Gasteiger partial charge in [-0.3, -0.25) is 0 Å². The van der Waals surface area contributed by atoms with Gasteiger partial charge >= 0.3 is 6.03 Å². The number of carbonyl (C=O) groups excluding carboxylic acids is 1. The Bertz CT molecular complexity index is 780. The lowest BCUT2D eigenvalue weighted by atomic mass is 9.74. The molecule has 2 aliphatic rings. The number of nitrogens with zero attached hydrogens (tertiary/aromatic N) is 2. The summed E-state index contributed by atoms with van der Waals surface area (Å²) >= 11 is 0. The molecule has 26 heavy (non-hydrogen) atoms. The lowest BCUT2D eigenvalue weighted by molar-refractivity contribution is 0.00215. The van der Waals surface area contributed by atoms with Gasteiger partial charge in [0.1, 0.15) is 0 Å². The number of imidazole rings is 1. The molecule has 1 saturated heterocycles. The average Bonchev–Trinajstić information content (AvgIpc) is 3.18. The number of aryl methyl sites for hydroxylation is 1. The van der Waals surface area contributed by atoms with E-state index in [4.69, 9.17) is 4.74 Å². The van der Waals surface area contributed by atoms with Crippen molar-refractivity contribution in [1.29, 1.82) is 0 Å². The molecule has 6 heteroatoms. The Morgan fingerprint density at radius 2 is 2.15 bits per heavy atom. The molecule has 1 atom stereocenters. The minimum absolute atomic E-state index is 0.0532. The number of aromatic nitrogens is 2. The van der Waals surface area contributed by atoms with E-state index in [0.29, 0.717) is 6.54 Å². The van der Waals surface area contributed by atoms with Crippen LogP contribution >= 0.6 is 0 Å². The first-order valence-corrected chi connectivity index (χ1v) is 9.33. The standard InChI is InChI=1S/C20H26N4O2/c1-24-13-16(22-14-24)6-9-21-19(25)23-18-17-5-3-2-4-15(17)12-20(18)7-10-26-11-8-20/h2-5,13-14,18H,6-12H2,1H3,(H2,21,23,25). The van der Waals surface area contributed by atoms with E-state index in [1.54, 1.807) is 6.33 Å². The van der Waals surface area contributed by atoms with Crippen LogP contribution in [0.5, 0.6) is 0 Å². The number of fused-ring (bicyclic) bond motifs is 1. The van der Waals surface area contributed by atoms with Crippen LogP contribution < -0.4 is 10.6 Å². The molecule has 0 bridgehead atoms. The predicted molar refractivity (Wildman–Crippen MR) is 98.8 cm³/mol. The molecule has 2 amide bonds. The maximum atomic E-state index is 12.6.